The number of anilines is 2. The van der Waals surface area contributed by atoms with Gasteiger partial charge in [-0.2, -0.15) is 4.98 Å². The molecule has 1 amide bonds. The number of carbonyl (C=O) groups is 1. The quantitative estimate of drug-likeness (QED) is 0.379. The molecule has 2 N–H and O–H groups in total. The summed E-state index contributed by atoms with van der Waals surface area (Å²) in [7, 11) is 4.89. The fourth-order valence-corrected chi connectivity index (χ4v) is 4.20. The highest BCUT2D eigenvalue weighted by molar-refractivity contribution is 5.92. The van der Waals surface area contributed by atoms with Gasteiger partial charge in [-0.25, -0.2) is 4.98 Å². The summed E-state index contributed by atoms with van der Waals surface area (Å²) in [5.74, 6) is 3.58. The molecule has 9 heteroatoms. The van der Waals surface area contributed by atoms with Gasteiger partial charge in [0.1, 0.15) is 11.6 Å². The third kappa shape index (κ3) is 6.03. The normalized spacial score (nSPS) is 13.2. The minimum Gasteiger partial charge on any atom is -0.497 e. The molecule has 0 saturated carbocycles. The molecule has 1 saturated heterocycles. The lowest BCUT2D eigenvalue weighted by atomic mass is 10.1. The standard InChI is InChI=1S/C26H33N5O4/c1-33-19-9-7-18(8-10-19)11-13-27-25-20-16-22(34-2)23(35-3)17-21(20)29-26(30-25)28-12-5-15-31-14-4-6-24(31)32/h7-10,16-17H,4-6,11-15H2,1-3H3,(H2,27,28,29,30). The number of hydrogen-bond donors (Lipinski definition) is 2. The third-order valence-electron chi connectivity index (χ3n) is 6.13. The van der Waals surface area contributed by atoms with Crippen LogP contribution in [0, 0.1) is 0 Å². The molecule has 0 bridgehead atoms. The molecule has 0 unspecified atom stereocenters. The molecule has 0 radical (unpaired) electrons. The fourth-order valence-electron chi connectivity index (χ4n) is 4.20. The number of ether oxygens (including phenoxy) is 3. The van der Waals surface area contributed by atoms with E-state index in [0.717, 1.165) is 54.8 Å². The number of amides is 1. The molecule has 2 aromatic carbocycles. The van der Waals surface area contributed by atoms with Crippen molar-refractivity contribution in [1.82, 2.24) is 14.9 Å². The van der Waals surface area contributed by atoms with Crippen LogP contribution in [0.15, 0.2) is 36.4 Å². The molecule has 0 atom stereocenters. The molecule has 0 aliphatic carbocycles. The SMILES string of the molecule is COc1ccc(CCNc2nc(NCCCN3CCCC3=O)nc3cc(OC)c(OC)cc23)cc1. The predicted molar refractivity (Wildman–Crippen MR) is 137 cm³/mol. The first-order valence-electron chi connectivity index (χ1n) is 11.9. The van der Waals surface area contributed by atoms with E-state index < -0.39 is 0 Å². The molecule has 4 rings (SSSR count). The summed E-state index contributed by atoms with van der Waals surface area (Å²) in [6, 6.07) is 11.8. The van der Waals surface area contributed by atoms with Crippen molar-refractivity contribution < 1.29 is 19.0 Å². The zero-order valence-corrected chi connectivity index (χ0v) is 20.6. The van der Waals surface area contributed by atoms with Crippen molar-refractivity contribution in [2.75, 3.05) is 58.1 Å². The second-order valence-corrected chi connectivity index (χ2v) is 8.41. The van der Waals surface area contributed by atoms with Crippen LogP contribution in [0.4, 0.5) is 11.8 Å². The first kappa shape index (κ1) is 24.4. The van der Waals surface area contributed by atoms with Crippen molar-refractivity contribution in [1.29, 1.82) is 0 Å². The molecule has 1 aromatic heterocycles. The van der Waals surface area contributed by atoms with Gasteiger partial charge in [-0.1, -0.05) is 12.1 Å². The highest BCUT2D eigenvalue weighted by atomic mass is 16.5. The first-order valence-corrected chi connectivity index (χ1v) is 11.9. The molecule has 1 aliphatic rings. The van der Waals surface area contributed by atoms with E-state index in [4.69, 9.17) is 24.2 Å². The number of nitrogens with zero attached hydrogens (tertiary/aromatic N) is 3. The fraction of sp³-hybridized carbons (Fsp3) is 0.423. The summed E-state index contributed by atoms with van der Waals surface area (Å²) in [5, 5.41) is 7.63. The van der Waals surface area contributed by atoms with Crippen LogP contribution in [-0.4, -0.2) is 68.3 Å². The number of methoxy groups -OCH3 is 3. The summed E-state index contributed by atoms with van der Waals surface area (Å²) in [5.41, 5.74) is 1.95. The van der Waals surface area contributed by atoms with Crippen LogP contribution in [0.25, 0.3) is 10.9 Å². The van der Waals surface area contributed by atoms with Crippen LogP contribution in [-0.2, 0) is 11.2 Å². The number of benzene rings is 2. The van der Waals surface area contributed by atoms with E-state index in [-0.39, 0.29) is 5.91 Å². The highest BCUT2D eigenvalue weighted by Crippen LogP contribution is 2.34. The van der Waals surface area contributed by atoms with Crippen molar-refractivity contribution in [3.8, 4) is 17.2 Å². The Bertz CT molecular complexity index is 1150. The maximum atomic E-state index is 11.8. The lowest BCUT2D eigenvalue weighted by Crippen LogP contribution is -2.27. The Morgan fingerprint density at radius 2 is 1.71 bits per heavy atom. The van der Waals surface area contributed by atoms with Gasteiger partial charge in [0.2, 0.25) is 11.9 Å². The van der Waals surface area contributed by atoms with Gasteiger partial charge in [0.15, 0.2) is 11.5 Å². The van der Waals surface area contributed by atoms with Gasteiger partial charge in [0, 0.05) is 44.1 Å². The minimum atomic E-state index is 0.247. The molecule has 186 valence electrons. The van der Waals surface area contributed by atoms with Crippen LogP contribution in [0.3, 0.4) is 0 Å². The Hall–Kier alpha value is -3.75. The number of aromatic nitrogens is 2. The van der Waals surface area contributed by atoms with E-state index in [1.807, 2.05) is 29.2 Å². The summed E-state index contributed by atoms with van der Waals surface area (Å²) >= 11 is 0. The first-order chi connectivity index (χ1) is 17.1. The average Bonchev–Trinajstić information content (AvgIpc) is 3.30. The largest absolute Gasteiger partial charge is 0.497 e. The van der Waals surface area contributed by atoms with Gasteiger partial charge in [-0.3, -0.25) is 4.79 Å². The zero-order valence-electron chi connectivity index (χ0n) is 20.6. The summed E-state index contributed by atoms with van der Waals surface area (Å²) in [6.45, 7) is 2.98. The number of likely N-dealkylation sites (tertiary alicyclic amines) is 1. The molecule has 3 aromatic rings. The summed E-state index contributed by atoms with van der Waals surface area (Å²) in [6.07, 6.45) is 3.28. The Morgan fingerprint density at radius 3 is 2.40 bits per heavy atom. The third-order valence-corrected chi connectivity index (χ3v) is 6.13. The van der Waals surface area contributed by atoms with E-state index in [1.165, 1.54) is 5.56 Å². The second-order valence-electron chi connectivity index (χ2n) is 8.41. The molecule has 35 heavy (non-hydrogen) atoms. The lowest BCUT2D eigenvalue weighted by Gasteiger charge is -2.16. The van der Waals surface area contributed by atoms with Crippen LogP contribution < -0.4 is 24.8 Å². The molecule has 0 spiro atoms. The van der Waals surface area contributed by atoms with E-state index in [1.54, 1.807) is 21.3 Å². The topological polar surface area (TPSA) is 97.8 Å². The van der Waals surface area contributed by atoms with Crippen LogP contribution in [0.5, 0.6) is 17.2 Å². The summed E-state index contributed by atoms with van der Waals surface area (Å²) < 4.78 is 16.2. The van der Waals surface area contributed by atoms with Crippen LogP contribution in [0.1, 0.15) is 24.8 Å². The van der Waals surface area contributed by atoms with Crippen molar-refractivity contribution in [2.24, 2.45) is 0 Å². The Balaban J connectivity index is 1.48. The number of hydrogen-bond acceptors (Lipinski definition) is 8. The molecule has 9 nitrogen and oxygen atoms in total. The Labute approximate surface area is 205 Å². The maximum Gasteiger partial charge on any atom is 0.225 e. The van der Waals surface area contributed by atoms with Crippen molar-refractivity contribution in [3.05, 3.63) is 42.0 Å². The van der Waals surface area contributed by atoms with Crippen LogP contribution >= 0.6 is 0 Å². The van der Waals surface area contributed by atoms with Crippen molar-refractivity contribution >= 4 is 28.6 Å². The number of fused-ring (bicyclic) bond motifs is 1. The molecule has 1 aliphatic heterocycles. The zero-order chi connectivity index (χ0) is 24.6. The smallest absolute Gasteiger partial charge is 0.225 e. The summed E-state index contributed by atoms with van der Waals surface area (Å²) in [4.78, 5) is 23.2. The van der Waals surface area contributed by atoms with Gasteiger partial charge in [-0.15, -0.1) is 0 Å². The van der Waals surface area contributed by atoms with E-state index in [9.17, 15) is 4.79 Å². The van der Waals surface area contributed by atoms with E-state index >= 15 is 0 Å². The molecule has 1 fully saturated rings. The molecular formula is C26H33N5O4. The van der Waals surface area contributed by atoms with Crippen LogP contribution in [0.2, 0.25) is 0 Å². The highest BCUT2D eigenvalue weighted by Gasteiger charge is 2.19. The van der Waals surface area contributed by atoms with Gasteiger partial charge < -0.3 is 29.7 Å². The maximum absolute atomic E-state index is 11.8. The van der Waals surface area contributed by atoms with Gasteiger partial charge in [0.05, 0.1) is 26.8 Å². The predicted octanol–water partition coefficient (Wildman–Crippen LogP) is 3.73. The Kier molecular flexibility index (Phi) is 8.07. The van der Waals surface area contributed by atoms with Crippen molar-refractivity contribution in [2.45, 2.75) is 25.7 Å². The minimum absolute atomic E-state index is 0.247. The number of nitrogens with one attached hydrogen (secondary N) is 2. The second kappa shape index (κ2) is 11.6. The molecular weight excluding hydrogens is 446 g/mol. The van der Waals surface area contributed by atoms with Gasteiger partial charge >= 0.3 is 0 Å². The van der Waals surface area contributed by atoms with E-state index in [2.05, 4.69) is 22.8 Å². The van der Waals surface area contributed by atoms with Gasteiger partial charge in [-0.05, 0) is 43.0 Å². The monoisotopic (exact) mass is 479 g/mol. The Morgan fingerprint density at radius 1 is 0.943 bits per heavy atom. The van der Waals surface area contributed by atoms with Crippen molar-refractivity contribution in [3.63, 3.8) is 0 Å². The number of carbonyl (C=O) groups excluding carboxylic acids is 1. The van der Waals surface area contributed by atoms with E-state index in [0.29, 0.717) is 37.0 Å². The number of rotatable bonds is 12. The average molecular weight is 480 g/mol. The van der Waals surface area contributed by atoms with Gasteiger partial charge in [0.25, 0.3) is 0 Å². The lowest BCUT2D eigenvalue weighted by molar-refractivity contribution is -0.127. The molecule has 2 heterocycles.